The summed E-state index contributed by atoms with van der Waals surface area (Å²) in [5.41, 5.74) is 3.31. The van der Waals surface area contributed by atoms with Gasteiger partial charge in [-0.1, -0.05) is 17.4 Å². The molecule has 2 aromatic heterocycles. The predicted octanol–water partition coefficient (Wildman–Crippen LogP) is 2.10. The van der Waals surface area contributed by atoms with Crippen molar-refractivity contribution in [2.45, 2.75) is 20.4 Å². The molecule has 0 aliphatic carbocycles. The van der Waals surface area contributed by atoms with Crippen LogP contribution in [-0.4, -0.2) is 57.7 Å². The van der Waals surface area contributed by atoms with Crippen molar-refractivity contribution in [1.82, 2.24) is 24.6 Å². The number of carbonyl (C=O) groups excluding carboxylic acids is 1. The van der Waals surface area contributed by atoms with Crippen LogP contribution in [0.2, 0.25) is 0 Å². The summed E-state index contributed by atoms with van der Waals surface area (Å²) >= 11 is 1.56. The Bertz CT molecular complexity index is 871. The number of anilines is 1. The van der Waals surface area contributed by atoms with Gasteiger partial charge < -0.3 is 4.90 Å². The molecule has 0 saturated heterocycles. The van der Waals surface area contributed by atoms with Crippen LogP contribution in [0.25, 0.3) is 10.2 Å². The van der Waals surface area contributed by atoms with E-state index in [1.807, 2.05) is 14.1 Å². The van der Waals surface area contributed by atoms with Gasteiger partial charge in [0, 0.05) is 13.1 Å². The molecule has 8 heteroatoms. The van der Waals surface area contributed by atoms with E-state index in [1.165, 1.54) is 22.1 Å². The van der Waals surface area contributed by atoms with E-state index in [0.29, 0.717) is 6.54 Å². The van der Waals surface area contributed by atoms with Crippen LogP contribution in [0.4, 0.5) is 5.13 Å². The molecule has 7 nitrogen and oxygen atoms in total. The predicted molar refractivity (Wildman–Crippen MR) is 100 cm³/mol. The first-order valence-corrected chi connectivity index (χ1v) is 8.91. The van der Waals surface area contributed by atoms with Crippen LogP contribution in [0.1, 0.15) is 11.1 Å². The minimum atomic E-state index is -0.0409. The Labute approximate surface area is 150 Å². The van der Waals surface area contributed by atoms with Crippen LogP contribution in [-0.2, 0) is 11.3 Å². The summed E-state index contributed by atoms with van der Waals surface area (Å²) in [6.07, 6.45) is 2.98. The summed E-state index contributed by atoms with van der Waals surface area (Å²) in [5, 5.41) is 4.76. The SMILES string of the molecule is Cc1cc(C)c2sc(N(CCN(C)C)C(=O)Cn3cncn3)nc2c1. The number of amides is 1. The number of hydrogen-bond donors (Lipinski definition) is 0. The maximum Gasteiger partial charge on any atom is 0.250 e. The molecule has 0 unspecified atom stereocenters. The summed E-state index contributed by atoms with van der Waals surface area (Å²) in [5.74, 6) is -0.0409. The van der Waals surface area contributed by atoms with Gasteiger partial charge in [-0.2, -0.15) is 5.10 Å². The van der Waals surface area contributed by atoms with E-state index in [4.69, 9.17) is 4.98 Å². The van der Waals surface area contributed by atoms with Gasteiger partial charge in [-0.25, -0.2) is 14.6 Å². The number of aryl methyl sites for hydroxylation is 2. The molecule has 1 aromatic carbocycles. The lowest BCUT2D eigenvalue weighted by Gasteiger charge is -2.21. The van der Waals surface area contributed by atoms with E-state index in [-0.39, 0.29) is 12.5 Å². The Hall–Kier alpha value is -2.32. The molecule has 0 atom stereocenters. The molecule has 0 spiro atoms. The topological polar surface area (TPSA) is 67.2 Å². The molecule has 3 rings (SSSR count). The number of benzene rings is 1. The van der Waals surface area contributed by atoms with Crippen LogP contribution in [0.15, 0.2) is 24.8 Å². The third-order valence-electron chi connectivity index (χ3n) is 3.88. The highest BCUT2D eigenvalue weighted by Crippen LogP contribution is 2.32. The molecule has 132 valence electrons. The monoisotopic (exact) mass is 358 g/mol. The summed E-state index contributed by atoms with van der Waals surface area (Å²) < 4.78 is 2.66. The fourth-order valence-corrected chi connectivity index (χ4v) is 3.70. The molecule has 25 heavy (non-hydrogen) atoms. The van der Waals surface area contributed by atoms with Gasteiger partial charge in [0.25, 0.3) is 5.91 Å². The molecule has 2 heterocycles. The zero-order chi connectivity index (χ0) is 18.0. The summed E-state index contributed by atoms with van der Waals surface area (Å²) in [7, 11) is 3.98. The Balaban J connectivity index is 1.93. The van der Waals surface area contributed by atoms with Gasteiger partial charge in [-0.3, -0.25) is 9.69 Å². The number of aromatic nitrogens is 4. The zero-order valence-electron chi connectivity index (χ0n) is 14.9. The number of likely N-dealkylation sites (N-methyl/N-ethyl adjacent to an activating group) is 1. The van der Waals surface area contributed by atoms with Gasteiger partial charge in [0.2, 0.25) is 0 Å². The van der Waals surface area contributed by atoms with E-state index in [1.54, 1.807) is 22.6 Å². The number of hydrogen-bond acceptors (Lipinski definition) is 6. The van der Waals surface area contributed by atoms with E-state index in [2.05, 4.69) is 41.0 Å². The molecular weight excluding hydrogens is 336 g/mol. The van der Waals surface area contributed by atoms with Crippen molar-refractivity contribution < 1.29 is 4.79 Å². The number of carbonyl (C=O) groups is 1. The minimum absolute atomic E-state index is 0.0409. The zero-order valence-corrected chi connectivity index (χ0v) is 15.7. The molecule has 1 amide bonds. The molecule has 0 saturated carbocycles. The highest BCUT2D eigenvalue weighted by molar-refractivity contribution is 7.22. The average Bonchev–Trinajstić information content (AvgIpc) is 3.16. The Morgan fingerprint density at radius 1 is 1.24 bits per heavy atom. The number of thiazole rings is 1. The van der Waals surface area contributed by atoms with Crippen molar-refractivity contribution in [2.75, 3.05) is 32.1 Å². The Morgan fingerprint density at radius 3 is 2.72 bits per heavy atom. The van der Waals surface area contributed by atoms with Crippen molar-refractivity contribution in [1.29, 1.82) is 0 Å². The van der Waals surface area contributed by atoms with Gasteiger partial charge in [-0.05, 0) is 45.1 Å². The maximum atomic E-state index is 12.8. The van der Waals surface area contributed by atoms with Gasteiger partial charge in [-0.15, -0.1) is 0 Å². The van der Waals surface area contributed by atoms with E-state index >= 15 is 0 Å². The molecule has 0 fully saturated rings. The lowest BCUT2D eigenvalue weighted by atomic mass is 10.1. The van der Waals surface area contributed by atoms with Crippen LogP contribution in [0, 0.1) is 13.8 Å². The molecule has 0 aliphatic rings. The van der Waals surface area contributed by atoms with Crippen LogP contribution < -0.4 is 4.90 Å². The third kappa shape index (κ3) is 4.02. The van der Waals surface area contributed by atoms with Crippen LogP contribution in [0.5, 0.6) is 0 Å². The van der Waals surface area contributed by atoms with E-state index < -0.39 is 0 Å². The lowest BCUT2D eigenvalue weighted by Crippen LogP contribution is -2.38. The fourth-order valence-electron chi connectivity index (χ4n) is 2.65. The number of nitrogens with zero attached hydrogens (tertiary/aromatic N) is 6. The van der Waals surface area contributed by atoms with Crippen molar-refractivity contribution in [3.63, 3.8) is 0 Å². The van der Waals surface area contributed by atoms with Gasteiger partial charge in [0.1, 0.15) is 19.2 Å². The number of rotatable bonds is 6. The van der Waals surface area contributed by atoms with Gasteiger partial charge in [0.15, 0.2) is 5.13 Å². The molecule has 3 aromatic rings. The fraction of sp³-hybridized carbons (Fsp3) is 0.412. The van der Waals surface area contributed by atoms with E-state index in [0.717, 1.165) is 21.9 Å². The standard InChI is InChI=1S/C17H22N6OS/c1-12-7-13(2)16-14(8-12)20-17(25-16)23(6-5-21(3)4)15(24)9-22-11-18-10-19-22/h7-8,10-11H,5-6,9H2,1-4H3. The highest BCUT2D eigenvalue weighted by Gasteiger charge is 2.21. The van der Waals surface area contributed by atoms with Crippen molar-refractivity contribution in [2.24, 2.45) is 0 Å². The lowest BCUT2D eigenvalue weighted by molar-refractivity contribution is -0.119. The highest BCUT2D eigenvalue weighted by atomic mass is 32.1. The number of fused-ring (bicyclic) bond motifs is 1. The van der Waals surface area contributed by atoms with Gasteiger partial charge in [0.05, 0.1) is 10.2 Å². The minimum Gasteiger partial charge on any atom is -0.308 e. The molecule has 0 bridgehead atoms. The Kier molecular flexibility index (Phi) is 5.10. The van der Waals surface area contributed by atoms with Crippen molar-refractivity contribution in [3.05, 3.63) is 35.9 Å². The first kappa shape index (κ1) is 17.5. The summed E-state index contributed by atoms with van der Waals surface area (Å²) in [6, 6.07) is 4.21. The van der Waals surface area contributed by atoms with Gasteiger partial charge >= 0.3 is 0 Å². The smallest absolute Gasteiger partial charge is 0.250 e. The molecular formula is C17H22N6OS. The van der Waals surface area contributed by atoms with Crippen LogP contribution in [0.3, 0.4) is 0 Å². The Morgan fingerprint density at radius 2 is 2.04 bits per heavy atom. The summed E-state index contributed by atoms with van der Waals surface area (Å²) in [4.78, 5) is 25.3. The van der Waals surface area contributed by atoms with Crippen molar-refractivity contribution >= 4 is 32.6 Å². The third-order valence-corrected chi connectivity index (χ3v) is 5.10. The quantitative estimate of drug-likeness (QED) is 0.675. The second kappa shape index (κ2) is 7.28. The molecule has 0 aliphatic heterocycles. The second-order valence-electron chi connectivity index (χ2n) is 6.37. The first-order chi connectivity index (χ1) is 11.9. The molecule has 0 radical (unpaired) electrons. The van der Waals surface area contributed by atoms with Crippen molar-refractivity contribution in [3.8, 4) is 0 Å². The van der Waals surface area contributed by atoms with E-state index in [9.17, 15) is 4.79 Å². The average molecular weight is 358 g/mol. The first-order valence-electron chi connectivity index (χ1n) is 8.09. The normalized spacial score (nSPS) is 11.4. The summed E-state index contributed by atoms with van der Waals surface area (Å²) in [6.45, 7) is 5.64. The largest absolute Gasteiger partial charge is 0.308 e. The van der Waals surface area contributed by atoms with Crippen LogP contribution >= 0.6 is 11.3 Å². The maximum absolute atomic E-state index is 12.8. The molecule has 0 N–H and O–H groups in total. The second-order valence-corrected chi connectivity index (χ2v) is 7.35.